The molecule has 1 aromatic carbocycles. The van der Waals surface area contributed by atoms with E-state index in [1.807, 2.05) is 18.2 Å². The minimum absolute atomic E-state index is 0.554. The van der Waals surface area contributed by atoms with Gasteiger partial charge in [-0.2, -0.15) is 0 Å². The SMILES string of the molecule is O=C(O)C1C=Nc2ccccc21. The van der Waals surface area contributed by atoms with E-state index in [0.717, 1.165) is 11.3 Å². The third kappa shape index (κ3) is 0.906. The highest BCUT2D eigenvalue weighted by Gasteiger charge is 2.24. The van der Waals surface area contributed by atoms with E-state index in [2.05, 4.69) is 4.99 Å². The van der Waals surface area contributed by atoms with E-state index in [0.29, 0.717) is 0 Å². The van der Waals surface area contributed by atoms with E-state index in [4.69, 9.17) is 5.11 Å². The lowest BCUT2D eigenvalue weighted by Crippen LogP contribution is -2.09. The number of fused-ring (bicyclic) bond motifs is 1. The molecule has 0 aromatic heterocycles. The number of carboxylic acid groups (broad SMARTS) is 1. The molecule has 1 unspecified atom stereocenters. The lowest BCUT2D eigenvalue weighted by atomic mass is 10.0. The molecule has 0 saturated carbocycles. The number of rotatable bonds is 1. The first kappa shape index (κ1) is 7.03. The number of benzene rings is 1. The van der Waals surface area contributed by atoms with Gasteiger partial charge in [0.1, 0.15) is 5.92 Å². The summed E-state index contributed by atoms with van der Waals surface area (Å²) < 4.78 is 0. The molecule has 12 heavy (non-hydrogen) atoms. The first-order chi connectivity index (χ1) is 5.79. The van der Waals surface area contributed by atoms with Crippen LogP contribution in [0.15, 0.2) is 29.3 Å². The van der Waals surface area contributed by atoms with Crippen molar-refractivity contribution in [3.05, 3.63) is 29.8 Å². The molecular formula is C9H7NO2. The van der Waals surface area contributed by atoms with Gasteiger partial charge in [-0.25, -0.2) is 0 Å². The van der Waals surface area contributed by atoms with Gasteiger partial charge in [-0.1, -0.05) is 18.2 Å². The zero-order chi connectivity index (χ0) is 8.55. The molecule has 0 bridgehead atoms. The van der Waals surface area contributed by atoms with Gasteiger partial charge in [0.05, 0.1) is 5.69 Å². The molecule has 3 heteroatoms. The predicted molar refractivity (Wildman–Crippen MR) is 45.0 cm³/mol. The van der Waals surface area contributed by atoms with Crippen LogP contribution in [-0.2, 0) is 4.79 Å². The number of nitrogens with zero attached hydrogens (tertiary/aromatic N) is 1. The highest BCUT2D eigenvalue weighted by atomic mass is 16.4. The fraction of sp³-hybridized carbons (Fsp3) is 0.111. The number of aliphatic carboxylic acids is 1. The molecule has 2 rings (SSSR count). The number of hydrogen-bond acceptors (Lipinski definition) is 2. The van der Waals surface area contributed by atoms with Crippen molar-refractivity contribution >= 4 is 17.9 Å². The van der Waals surface area contributed by atoms with Gasteiger partial charge in [-0.15, -0.1) is 0 Å². The summed E-state index contributed by atoms with van der Waals surface area (Å²) in [4.78, 5) is 14.7. The maximum Gasteiger partial charge on any atom is 0.316 e. The van der Waals surface area contributed by atoms with Gasteiger partial charge < -0.3 is 5.11 Å². The highest BCUT2D eigenvalue weighted by Crippen LogP contribution is 2.31. The zero-order valence-corrected chi connectivity index (χ0v) is 6.27. The minimum atomic E-state index is -0.844. The van der Waals surface area contributed by atoms with Crippen LogP contribution in [0.2, 0.25) is 0 Å². The van der Waals surface area contributed by atoms with Crippen LogP contribution in [0.3, 0.4) is 0 Å². The van der Waals surface area contributed by atoms with Gasteiger partial charge in [0, 0.05) is 6.21 Å². The largest absolute Gasteiger partial charge is 0.481 e. The predicted octanol–water partition coefficient (Wildman–Crippen LogP) is 1.57. The molecule has 0 fully saturated rings. The molecule has 1 heterocycles. The van der Waals surface area contributed by atoms with Crippen molar-refractivity contribution < 1.29 is 9.90 Å². The van der Waals surface area contributed by atoms with Crippen molar-refractivity contribution in [2.24, 2.45) is 4.99 Å². The Labute approximate surface area is 69.4 Å². The van der Waals surface area contributed by atoms with Crippen molar-refractivity contribution in [2.75, 3.05) is 0 Å². The average molecular weight is 161 g/mol. The molecule has 0 radical (unpaired) electrons. The topological polar surface area (TPSA) is 49.7 Å². The maximum atomic E-state index is 10.7. The molecule has 0 aliphatic carbocycles. The van der Waals surface area contributed by atoms with Gasteiger partial charge >= 0.3 is 5.97 Å². The van der Waals surface area contributed by atoms with Crippen molar-refractivity contribution in [3.8, 4) is 0 Å². The monoisotopic (exact) mass is 161 g/mol. The summed E-state index contributed by atoms with van der Waals surface area (Å²) in [6, 6.07) is 7.28. The Balaban J connectivity index is 2.49. The molecule has 0 spiro atoms. The molecular weight excluding hydrogens is 154 g/mol. The van der Waals surface area contributed by atoms with E-state index in [9.17, 15) is 4.79 Å². The summed E-state index contributed by atoms with van der Waals surface area (Å²) >= 11 is 0. The number of carboxylic acids is 1. The van der Waals surface area contributed by atoms with Crippen LogP contribution in [0.25, 0.3) is 0 Å². The van der Waals surface area contributed by atoms with Gasteiger partial charge in [-0.05, 0) is 11.6 Å². The van der Waals surface area contributed by atoms with Gasteiger partial charge in [0.2, 0.25) is 0 Å². The van der Waals surface area contributed by atoms with Crippen molar-refractivity contribution in [3.63, 3.8) is 0 Å². The molecule has 1 aliphatic rings. The van der Waals surface area contributed by atoms with Crippen LogP contribution in [0.5, 0.6) is 0 Å². The quantitative estimate of drug-likeness (QED) is 0.679. The summed E-state index contributed by atoms with van der Waals surface area (Å²) in [7, 11) is 0. The molecule has 1 atom stereocenters. The van der Waals surface area contributed by atoms with E-state index < -0.39 is 11.9 Å². The van der Waals surface area contributed by atoms with E-state index >= 15 is 0 Å². The fourth-order valence-corrected chi connectivity index (χ4v) is 1.30. The molecule has 0 amide bonds. The molecule has 1 aromatic rings. The van der Waals surface area contributed by atoms with Crippen LogP contribution in [0, 0.1) is 0 Å². The Hall–Kier alpha value is -1.64. The van der Waals surface area contributed by atoms with Crippen LogP contribution in [0.4, 0.5) is 5.69 Å². The summed E-state index contributed by atoms with van der Waals surface area (Å²) in [5.41, 5.74) is 1.55. The Morgan fingerprint density at radius 3 is 2.92 bits per heavy atom. The van der Waals surface area contributed by atoms with Crippen molar-refractivity contribution in [1.82, 2.24) is 0 Å². The standard InChI is InChI=1S/C9H7NO2/c11-9(12)7-5-10-8-4-2-1-3-6(7)8/h1-5,7H,(H,11,12). The lowest BCUT2D eigenvalue weighted by molar-refractivity contribution is -0.136. The summed E-state index contributed by atoms with van der Waals surface area (Å²) in [6.45, 7) is 0. The third-order valence-corrected chi connectivity index (χ3v) is 1.90. The summed E-state index contributed by atoms with van der Waals surface area (Å²) in [6.07, 6.45) is 1.47. The Morgan fingerprint density at radius 1 is 1.42 bits per heavy atom. The normalized spacial score (nSPS) is 19.2. The number of carbonyl (C=O) groups is 1. The van der Waals surface area contributed by atoms with Crippen molar-refractivity contribution in [2.45, 2.75) is 5.92 Å². The maximum absolute atomic E-state index is 10.7. The van der Waals surface area contributed by atoms with Crippen LogP contribution < -0.4 is 0 Å². The number of aliphatic imine (C=N–C) groups is 1. The highest BCUT2D eigenvalue weighted by molar-refractivity contribution is 6.00. The van der Waals surface area contributed by atoms with Gasteiger partial charge in [0.25, 0.3) is 0 Å². The summed E-state index contributed by atoms with van der Waals surface area (Å²) in [5, 5.41) is 8.77. The first-order valence-corrected chi connectivity index (χ1v) is 3.65. The first-order valence-electron chi connectivity index (χ1n) is 3.65. The molecule has 3 nitrogen and oxygen atoms in total. The minimum Gasteiger partial charge on any atom is -0.481 e. The van der Waals surface area contributed by atoms with E-state index in [1.165, 1.54) is 6.21 Å². The lowest BCUT2D eigenvalue weighted by Gasteiger charge is -2.01. The van der Waals surface area contributed by atoms with Crippen LogP contribution in [0.1, 0.15) is 11.5 Å². The fourth-order valence-electron chi connectivity index (χ4n) is 1.30. The van der Waals surface area contributed by atoms with E-state index in [-0.39, 0.29) is 0 Å². The second-order valence-electron chi connectivity index (χ2n) is 2.65. The Kier molecular flexibility index (Phi) is 1.43. The number of hydrogen-bond donors (Lipinski definition) is 1. The average Bonchev–Trinajstić information content (AvgIpc) is 2.47. The third-order valence-electron chi connectivity index (χ3n) is 1.90. The second kappa shape index (κ2) is 2.44. The van der Waals surface area contributed by atoms with Crippen molar-refractivity contribution in [1.29, 1.82) is 0 Å². The second-order valence-corrected chi connectivity index (χ2v) is 2.65. The number of para-hydroxylation sites is 1. The van der Waals surface area contributed by atoms with Gasteiger partial charge in [-0.3, -0.25) is 9.79 Å². The van der Waals surface area contributed by atoms with Gasteiger partial charge in [0.15, 0.2) is 0 Å². The van der Waals surface area contributed by atoms with Crippen LogP contribution >= 0.6 is 0 Å². The Bertz CT molecular complexity index is 357. The summed E-state index contributed by atoms with van der Waals surface area (Å²) in [5.74, 6) is -1.40. The molecule has 0 saturated heterocycles. The molecule has 60 valence electrons. The smallest absolute Gasteiger partial charge is 0.316 e. The Morgan fingerprint density at radius 2 is 2.17 bits per heavy atom. The zero-order valence-electron chi connectivity index (χ0n) is 6.27. The van der Waals surface area contributed by atoms with E-state index in [1.54, 1.807) is 6.07 Å². The van der Waals surface area contributed by atoms with Crippen LogP contribution in [-0.4, -0.2) is 17.3 Å². The molecule has 1 aliphatic heterocycles. The molecule has 1 N–H and O–H groups in total.